The molecule has 0 saturated heterocycles. The molecule has 5 nitrogen and oxygen atoms in total. The Kier molecular flexibility index (Phi) is 6.38. The molecule has 0 aromatic carbocycles. The number of nitrogens with two attached hydrogens (primary N) is 1. The van der Waals surface area contributed by atoms with Crippen LogP contribution in [0.2, 0.25) is 0 Å². The van der Waals surface area contributed by atoms with E-state index in [9.17, 15) is 4.79 Å². The van der Waals surface area contributed by atoms with E-state index in [2.05, 4.69) is 10.3 Å². The van der Waals surface area contributed by atoms with Crippen LogP contribution in [0, 0.1) is 6.92 Å². The summed E-state index contributed by atoms with van der Waals surface area (Å²) in [5.74, 6) is 0.838. The Hall–Kier alpha value is -1.69. The molecule has 0 unspecified atom stereocenters. The van der Waals surface area contributed by atoms with Gasteiger partial charge < -0.3 is 16.0 Å². The number of thiocarbonyl (C=S) groups is 1. The van der Waals surface area contributed by atoms with Gasteiger partial charge in [0.15, 0.2) is 0 Å². The highest BCUT2D eigenvalue weighted by Crippen LogP contribution is 2.10. The first-order valence-corrected chi connectivity index (χ1v) is 7.18. The van der Waals surface area contributed by atoms with Crippen molar-refractivity contribution in [2.75, 3.05) is 25.0 Å². The molecule has 0 aliphatic carbocycles. The zero-order valence-electron chi connectivity index (χ0n) is 12.3. The van der Waals surface area contributed by atoms with Crippen LogP contribution >= 0.6 is 12.2 Å². The number of carbonyl (C=O) groups is 1. The molecule has 0 atom stereocenters. The number of nitrogens with one attached hydrogen (secondary N) is 1. The van der Waals surface area contributed by atoms with E-state index in [0.717, 1.165) is 24.3 Å². The number of carbonyl (C=O) groups excluding carboxylic acids is 1. The van der Waals surface area contributed by atoms with Crippen LogP contribution in [-0.2, 0) is 4.79 Å². The van der Waals surface area contributed by atoms with Gasteiger partial charge in [-0.2, -0.15) is 0 Å². The van der Waals surface area contributed by atoms with Gasteiger partial charge >= 0.3 is 0 Å². The number of hydrogen-bond donors (Lipinski definition) is 2. The third kappa shape index (κ3) is 4.77. The number of amides is 1. The SMILES string of the molecule is CCN(CC)C(=O)CCNc1cc(C(N)=S)cc(C)n1. The van der Waals surface area contributed by atoms with E-state index in [1.807, 2.05) is 31.7 Å². The summed E-state index contributed by atoms with van der Waals surface area (Å²) in [5.41, 5.74) is 7.24. The fraction of sp³-hybridized carbons (Fsp3) is 0.500. The Balaban J connectivity index is 2.58. The maximum absolute atomic E-state index is 11.9. The third-order valence-corrected chi connectivity index (χ3v) is 3.23. The van der Waals surface area contributed by atoms with Crippen LogP contribution in [0.15, 0.2) is 12.1 Å². The monoisotopic (exact) mass is 294 g/mol. The number of hydrogen-bond acceptors (Lipinski definition) is 4. The molecule has 1 rings (SSSR count). The molecular formula is C14H22N4OS. The van der Waals surface area contributed by atoms with Gasteiger partial charge in [-0.15, -0.1) is 0 Å². The Morgan fingerprint density at radius 2 is 2.05 bits per heavy atom. The van der Waals surface area contributed by atoms with Crippen molar-refractivity contribution >= 4 is 28.9 Å². The highest BCUT2D eigenvalue weighted by molar-refractivity contribution is 7.80. The summed E-state index contributed by atoms with van der Waals surface area (Å²) in [6.07, 6.45) is 0.444. The van der Waals surface area contributed by atoms with Crippen LogP contribution in [0.4, 0.5) is 5.82 Å². The summed E-state index contributed by atoms with van der Waals surface area (Å²) in [6, 6.07) is 3.64. The Labute approximate surface area is 125 Å². The number of rotatable bonds is 7. The number of pyridine rings is 1. The highest BCUT2D eigenvalue weighted by Gasteiger charge is 2.09. The number of aryl methyl sites for hydroxylation is 1. The highest BCUT2D eigenvalue weighted by atomic mass is 32.1. The fourth-order valence-electron chi connectivity index (χ4n) is 1.93. The Morgan fingerprint density at radius 3 is 2.60 bits per heavy atom. The number of aromatic nitrogens is 1. The zero-order valence-corrected chi connectivity index (χ0v) is 13.1. The predicted octanol–water partition coefficient (Wildman–Crippen LogP) is 1.69. The molecule has 0 aliphatic rings. The second-order valence-corrected chi connectivity index (χ2v) is 4.93. The molecule has 0 bridgehead atoms. The second-order valence-electron chi connectivity index (χ2n) is 4.49. The van der Waals surface area contributed by atoms with E-state index in [-0.39, 0.29) is 5.91 Å². The molecule has 0 aliphatic heterocycles. The van der Waals surface area contributed by atoms with Crippen molar-refractivity contribution in [3.63, 3.8) is 0 Å². The Morgan fingerprint density at radius 1 is 1.40 bits per heavy atom. The maximum Gasteiger partial charge on any atom is 0.224 e. The van der Waals surface area contributed by atoms with Gasteiger partial charge in [0.25, 0.3) is 0 Å². The predicted molar refractivity (Wildman–Crippen MR) is 85.9 cm³/mol. The summed E-state index contributed by atoms with van der Waals surface area (Å²) in [4.78, 5) is 18.4. The van der Waals surface area contributed by atoms with Gasteiger partial charge in [0, 0.05) is 37.3 Å². The molecular weight excluding hydrogens is 272 g/mol. The minimum absolute atomic E-state index is 0.143. The Bertz CT molecular complexity index is 486. The molecule has 1 aromatic rings. The summed E-state index contributed by atoms with van der Waals surface area (Å²) in [6.45, 7) is 7.86. The molecule has 1 aromatic heterocycles. The van der Waals surface area contributed by atoms with Crippen molar-refractivity contribution in [2.24, 2.45) is 5.73 Å². The topological polar surface area (TPSA) is 71.2 Å². The maximum atomic E-state index is 11.9. The zero-order chi connectivity index (χ0) is 15.1. The summed E-state index contributed by atoms with van der Waals surface area (Å²) < 4.78 is 0. The van der Waals surface area contributed by atoms with Gasteiger partial charge in [-0.3, -0.25) is 4.79 Å². The first kappa shape index (κ1) is 16.4. The van der Waals surface area contributed by atoms with E-state index in [4.69, 9.17) is 18.0 Å². The largest absolute Gasteiger partial charge is 0.389 e. The molecule has 0 fully saturated rings. The van der Waals surface area contributed by atoms with Gasteiger partial charge in [0.2, 0.25) is 5.91 Å². The molecule has 6 heteroatoms. The van der Waals surface area contributed by atoms with Gasteiger partial charge in [0.05, 0.1) is 0 Å². The van der Waals surface area contributed by atoms with E-state index >= 15 is 0 Å². The van der Waals surface area contributed by atoms with Crippen LogP contribution in [0.25, 0.3) is 0 Å². The van der Waals surface area contributed by atoms with E-state index in [1.54, 1.807) is 6.07 Å². The lowest BCUT2D eigenvalue weighted by Gasteiger charge is -2.18. The average molecular weight is 294 g/mol. The van der Waals surface area contributed by atoms with Crippen LogP contribution < -0.4 is 11.1 Å². The minimum atomic E-state index is 0.143. The quantitative estimate of drug-likeness (QED) is 0.749. The second kappa shape index (κ2) is 7.79. The van der Waals surface area contributed by atoms with Crippen molar-refractivity contribution < 1.29 is 4.79 Å². The van der Waals surface area contributed by atoms with Crippen LogP contribution in [0.5, 0.6) is 0 Å². The smallest absolute Gasteiger partial charge is 0.224 e. The summed E-state index contributed by atoms with van der Waals surface area (Å²) >= 11 is 4.96. The molecule has 110 valence electrons. The van der Waals surface area contributed by atoms with Crippen LogP contribution in [0.1, 0.15) is 31.5 Å². The third-order valence-electron chi connectivity index (χ3n) is 3.00. The normalized spacial score (nSPS) is 10.2. The summed E-state index contributed by atoms with van der Waals surface area (Å²) in [7, 11) is 0. The lowest BCUT2D eigenvalue weighted by Crippen LogP contribution is -2.31. The standard InChI is InChI=1S/C14H22N4OS/c1-4-18(5-2)13(19)6-7-16-12-9-11(14(15)20)8-10(3)17-12/h8-9H,4-7H2,1-3H3,(H2,15,20)(H,16,17). The van der Waals surface area contributed by atoms with Crippen molar-refractivity contribution in [1.82, 2.24) is 9.88 Å². The lowest BCUT2D eigenvalue weighted by atomic mass is 10.2. The first-order valence-electron chi connectivity index (χ1n) is 6.78. The molecule has 1 heterocycles. The molecule has 3 N–H and O–H groups in total. The minimum Gasteiger partial charge on any atom is -0.389 e. The molecule has 0 spiro atoms. The fourth-order valence-corrected chi connectivity index (χ4v) is 2.05. The lowest BCUT2D eigenvalue weighted by molar-refractivity contribution is -0.130. The van der Waals surface area contributed by atoms with Gasteiger partial charge in [-0.1, -0.05) is 12.2 Å². The van der Waals surface area contributed by atoms with E-state index in [0.29, 0.717) is 23.8 Å². The van der Waals surface area contributed by atoms with Gasteiger partial charge in [-0.25, -0.2) is 4.98 Å². The first-order chi connectivity index (χ1) is 9.47. The van der Waals surface area contributed by atoms with Crippen molar-refractivity contribution in [3.05, 3.63) is 23.4 Å². The molecule has 0 saturated carbocycles. The van der Waals surface area contributed by atoms with Gasteiger partial charge in [-0.05, 0) is 32.9 Å². The van der Waals surface area contributed by atoms with Crippen molar-refractivity contribution in [3.8, 4) is 0 Å². The summed E-state index contributed by atoms with van der Waals surface area (Å²) in [5, 5.41) is 3.14. The number of nitrogens with zero attached hydrogens (tertiary/aromatic N) is 2. The molecule has 0 radical (unpaired) electrons. The van der Waals surface area contributed by atoms with E-state index in [1.165, 1.54) is 0 Å². The number of anilines is 1. The van der Waals surface area contributed by atoms with Gasteiger partial charge in [0.1, 0.15) is 10.8 Å². The van der Waals surface area contributed by atoms with Crippen molar-refractivity contribution in [2.45, 2.75) is 27.2 Å². The average Bonchev–Trinajstić information content (AvgIpc) is 2.39. The molecule has 20 heavy (non-hydrogen) atoms. The molecule has 1 amide bonds. The van der Waals surface area contributed by atoms with Crippen LogP contribution in [0.3, 0.4) is 0 Å². The van der Waals surface area contributed by atoms with Crippen molar-refractivity contribution in [1.29, 1.82) is 0 Å². The van der Waals surface area contributed by atoms with Crippen LogP contribution in [-0.4, -0.2) is 40.4 Å². The van der Waals surface area contributed by atoms with E-state index < -0.39 is 0 Å².